The van der Waals surface area contributed by atoms with Crippen molar-refractivity contribution in [1.82, 2.24) is 9.80 Å². The molecule has 0 N–H and O–H groups in total. The minimum Gasteiger partial charge on any atom is -0.489 e. The maximum atomic E-state index is 13.2. The van der Waals surface area contributed by atoms with E-state index in [2.05, 4.69) is 36.1 Å². The van der Waals surface area contributed by atoms with Gasteiger partial charge in [-0.2, -0.15) is 0 Å². The van der Waals surface area contributed by atoms with Crippen LogP contribution in [0.5, 0.6) is 5.75 Å². The molecule has 2 aromatic carbocycles. The maximum absolute atomic E-state index is 13.2. The largest absolute Gasteiger partial charge is 0.489 e. The Morgan fingerprint density at radius 2 is 1.80 bits per heavy atom. The van der Waals surface area contributed by atoms with Crippen molar-refractivity contribution in [3.63, 3.8) is 0 Å². The fourth-order valence-electron chi connectivity index (χ4n) is 3.50. The van der Waals surface area contributed by atoms with Crippen molar-refractivity contribution in [2.45, 2.75) is 20.1 Å². The summed E-state index contributed by atoms with van der Waals surface area (Å²) in [7, 11) is 0. The summed E-state index contributed by atoms with van der Waals surface area (Å²) >= 11 is 1.44. The quantitative estimate of drug-likeness (QED) is 0.573. The van der Waals surface area contributed by atoms with Crippen LogP contribution in [0.1, 0.15) is 26.4 Å². The number of hydrogen-bond donors (Lipinski definition) is 0. The highest BCUT2D eigenvalue weighted by atomic mass is 32.1. The van der Waals surface area contributed by atoms with E-state index >= 15 is 0 Å². The molecule has 156 valence electrons. The summed E-state index contributed by atoms with van der Waals surface area (Å²) < 4.78 is 18.9. The zero-order chi connectivity index (χ0) is 20.9. The fraction of sp³-hybridized carbons (Fsp3) is 0.292. The molecule has 0 unspecified atom stereocenters. The number of rotatable bonds is 6. The number of aryl methyl sites for hydroxylation is 1. The molecule has 0 bridgehead atoms. The number of carbonyl (C=O) groups excluding carboxylic acids is 1. The zero-order valence-corrected chi connectivity index (χ0v) is 17.8. The number of ether oxygens (including phenoxy) is 1. The average Bonchev–Trinajstić information content (AvgIpc) is 3.23. The zero-order valence-electron chi connectivity index (χ0n) is 17.0. The normalized spacial score (nSPS) is 14.7. The molecule has 0 radical (unpaired) electrons. The van der Waals surface area contributed by atoms with Gasteiger partial charge < -0.3 is 9.64 Å². The molecule has 4 nitrogen and oxygen atoms in total. The number of halogens is 1. The van der Waals surface area contributed by atoms with Crippen molar-refractivity contribution in [2.24, 2.45) is 0 Å². The van der Waals surface area contributed by atoms with Crippen molar-refractivity contribution in [1.29, 1.82) is 0 Å². The Kier molecular flexibility index (Phi) is 6.45. The smallest absolute Gasteiger partial charge is 0.264 e. The highest BCUT2D eigenvalue weighted by Crippen LogP contribution is 2.21. The third-order valence-electron chi connectivity index (χ3n) is 5.25. The van der Waals surface area contributed by atoms with Gasteiger partial charge >= 0.3 is 0 Å². The van der Waals surface area contributed by atoms with Crippen molar-refractivity contribution < 1.29 is 13.9 Å². The first-order valence-electron chi connectivity index (χ1n) is 10.1. The monoisotopic (exact) mass is 424 g/mol. The molecule has 0 spiro atoms. The Bertz CT molecular complexity index is 994. The lowest BCUT2D eigenvalue weighted by Crippen LogP contribution is -2.48. The minimum atomic E-state index is -0.324. The fourth-order valence-corrected chi connectivity index (χ4v) is 4.37. The van der Waals surface area contributed by atoms with Crippen molar-refractivity contribution in [2.75, 3.05) is 26.2 Å². The number of carbonyl (C=O) groups is 1. The number of amides is 1. The van der Waals surface area contributed by atoms with Crippen LogP contribution < -0.4 is 4.74 Å². The molecule has 1 amide bonds. The Morgan fingerprint density at radius 1 is 1.03 bits per heavy atom. The molecule has 2 heterocycles. The highest BCUT2D eigenvalue weighted by Gasteiger charge is 2.23. The van der Waals surface area contributed by atoms with Crippen molar-refractivity contribution >= 4 is 17.2 Å². The average molecular weight is 425 g/mol. The summed E-state index contributed by atoms with van der Waals surface area (Å²) in [5, 5.41) is 1.93. The minimum absolute atomic E-state index is 0.0759. The summed E-state index contributed by atoms with van der Waals surface area (Å²) in [5.74, 6) is 0.237. The van der Waals surface area contributed by atoms with Gasteiger partial charge in [-0.05, 0) is 36.1 Å². The van der Waals surface area contributed by atoms with E-state index in [1.54, 1.807) is 12.1 Å². The highest BCUT2D eigenvalue weighted by molar-refractivity contribution is 7.12. The van der Waals surface area contributed by atoms with Crippen LogP contribution in [0, 0.1) is 12.7 Å². The molecule has 1 saturated heterocycles. The first-order valence-corrected chi connectivity index (χ1v) is 11.0. The van der Waals surface area contributed by atoms with Gasteiger partial charge in [0.1, 0.15) is 18.2 Å². The molecule has 1 aliphatic rings. The Hall–Kier alpha value is -2.70. The summed E-state index contributed by atoms with van der Waals surface area (Å²) in [4.78, 5) is 17.9. The maximum Gasteiger partial charge on any atom is 0.264 e. The first kappa shape index (κ1) is 20.6. The lowest BCUT2D eigenvalue weighted by Gasteiger charge is -2.34. The van der Waals surface area contributed by atoms with Crippen LogP contribution in [0.15, 0.2) is 60.0 Å². The van der Waals surface area contributed by atoms with E-state index in [0.717, 1.165) is 43.2 Å². The van der Waals surface area contributed by atoms with E-state index in [1.807, 2.05) is 16.3 Å². The second-order valence-corrected chi connectivity index (χ2v) is 8.53. The third kappa shape index (κ3) is 5.26. The van der Waals surface area contributed by atoms with Gasteiger partial charge in [0.25, 0.3) is 5.91 Å². The molecule has 30 heavy (non-hydrogen) atoms. The second kappa shape index (κ2) is 9.41. The molecule has 4 rings (SSSR count). The van der Waals surface area contributed by atoms with Crippen LogP contribution in [0.25, 0.3) is 0 Å². The van der Waals surface area contributed by atoms with Crippen LogP contribution in [-0.2, 0) is 13.2 Å². The van der Waals surface area contributed by atoms with Crippen LogP contribution in [0.2, 0.25) is 0 Å². The van der Waals surface area contributed by atoms with E-state index in [4.69, 9.17) is 4.74 Å². The molecule has 3 aromatic rings. The molecule has 1 aromatic heterocycles. The van der Waals surface area contributed by atoms with Crippen LogP contribution in [-0.4, -0.2) is 41.9 Å². The Labute approximate surface area is 180 Å². The van der Waals surface area contributed by atoms with Gasteiger partial charge in [-0.1, -0.05) is 35.9 Å². The predicted octanol–water partition coefficient (Wildman–Crippen LogP) is 4.73. The van der Waals surface area contributed by atoms with Gasteiger partial charge in [-0.15, -0.1) is 11.3 Å². The van der Waals surface area contributed by atoms with E-state index in [9.17, 15) is 9.18 Å². The number of benzene rings is 2. The molecular weight excluding hydrogens is 399 g/mol. The number of piperazine rings is 1. The third-order valence-corrected chi connectivity index (χ3v) is 6.22. The second-order valence-electron chi connectivity index (χ2n) is 7.62. The number of nitrogens with zero attached hydrogens (tertiary/aromatic N) is 2. The van der Waals surface area contributed by atoms with E-state index in [0.29, 0.717) is 12.4 Å². The molecule has 6 heteroatoms. The van der Waals surface area contributed by atoms with Gasteiger partial charge in [0.05, 0.1) is 4.88 Å². The van der Waals surface area contributed by atoms with Crippen LogP contribution in [0.3, 0.4) is 0 Å². The van der Waals surface area contributed by atoms with Crippen LogP contribution >= 0.6 is 11.3 Å². The number of thiophene rings is 1. The first-order chi connectivity index (χ1) is 14.6. The summed E-state index contributed by atoms with van der Waals surface area (Å²) in [6, 6.07) is 16.6. The van der Waals surface area contributed by atoms with Gasteiger partial charge in [0.15, 0.2) is 0 Å². The molecule has 0 atom stereocenters. The molecular formula is C24H25FN2O2S. The topological polar surface area (TPSA) is 32.8 Å². The van der Waals surface area contributed by atoms with E-state index in [1.165, 1.54) is 34.6 Å². The molecule has 1 aliphatic heterocycles. The lowest BCUT2D eigenvalue weighted by atomic mass is 10.1. The van der Waals surface area contributed by atoms with E-state index in [-0.39, 0.29) is 11.7 Å². The molecule has 0 saturated carbocycles. The lowest BCUT2D eigenvalue weighted by molar-refractivity contribution is 0.0633. The number of hydrogen-bond acceptors (Lipinski definition) is 4. The predicted molar refractivity (Wildman–Crippen MR) is 117 cm³/mol. The van der Waals surface area contributed by atoms with Crippen LogP contribution in [0.4, 0.5) is 4.39 Å². The Balaban J connectivity index is 1.27. The van der Waals surface area contributed by atoms with E-state index < -0.39 is 0 Å². The Morgan fingerprint density at radius 3 is 2.53 bits per heavy atom. The summed E-state index contributed by atoms with van der Waals surface area (Å²) in [6.45, 7) is 6.55. The van der Waals surface area contributed by atoms with Gasteiger partial charge in [-0.25, -0.2) is 4.39 Å². The summed E-state index contributed by atoms with van der Waals surface area (Å²) in [6.07, 6.45) is 0. The summed E-state index contributed by atoms with van der Waals surface area (Å²) in [5.41, 5.74) is 3.50. The molecule has 1 fully saturated rings. The molecule has 0 aliphatic carbocycles. The van der Waals surface area contributed by atoms with Crippen molar-refractivity contribution in [3.05, 3.63) is 87.4 Å². The van der Waals surface area contributed by atoms with Gasteiger partial charge in [0, 0.05) is 44.4 Å². The SMILES string of the molecule is Cc1ccc(CN2CCN(C(=O)c3cc(COc4cccc(F)c4)cs3)CC2)cc1. The standard InChI is InChI=1S/C24H25FN2O2S/c1-18-5-7-19(8-6-18)15-26-9-11-27(12-10-26)24(28)23-13-20(17-30-23)16-29-22-4-2-3-21(25)14-22/h2-8,13-14,17H,9-12,15-16H2,1H3. The van der Waals surface area contributed by atoms with Gasteiger partial charge in [-0.3, -0.25) is 9.69 Å². The van der Waals surface area contributed by atoms with Gasteiger partial charge in [0.2, 0.25) is 0 Å². The van der Waals surface area contributed by atoms with Crippen molar-refractivity contribution in [3.8, 4) is 5.75 Å².